The number of hydrogen-bond acceptors (Lipinski definition) is 1. The van der Waals surface area contributed by atoms with Crippen molar-refractivity contribution in [2.24, 2.45) is 0 Å². The second kappa shape index (κ2) is 9.78. The first-order valence-corrected chi connectivity index (χ1v) is 13.9. The Hall–Kier alpha value is -4.46. The van der Waals surface area contributed by atoms with Crippen molar-refractivity contribution in [3.05, 3.63) is 156 Å². The van der Waals surface area contributed by atoms with Gasteiger partial charge in [-0.05, 0) is 67.2 Å². The van der Waals surface area contributed by atoms with Gasteiger partial charge in [-0.15, -0.1) is 11.3 Å². The third-order valence-electron chi connectivity index (χ3n) is 7.49. The van der Waals surface area contributed by atoms with Gasteiger partial charge in [0.05, 0.1) is 0 Å². The van der Waals surface area contributed by atoms with Crippen LogP contribution in [0.1, 0.15) is 11.1 Å². The molecule has 1 heteroatoms. The molecule has 1 aromatic heterocycles. The van der Waals surface area contributed by atoms with E-state index in [0.717, 1.165) is 6.42 Å². The van der Waals surface area contributed by atoms with Crippen molar-refractivity contribution >= 4 is 32.9 Å². The van der Waals surface area contributed by atoms with Crippen LogP contribution in [0.5, 0.6) is 0 Å². The summed E-state index contributed by atoms with van der Waals surface area (Å²) in [4.78, 5) is 1.34. The van der Waals surface area contributed by atoms with Crippen LogP contribution in [0.3, 0.4) is 0 Å². The van der Waals surface area contributed by atoms with E-state index in [1.165, 1.54) is 65.4 Å². The van der Waals surface area contributed by atoms with Gasteiger partial charge in [-0.1, -0.05) is 133 Å². The molecule has 1 heterocycles. The maximum atomic E-state index is 2.25. The largest absolute Gasteiger partial charge is 0.143 e. The first-order valence-electron chi connectivity index (χ1n) is 13.1. The molecule has 0 nitrogen and oxygen atoms in total. The van der Waals surface area contributed by atoms with Crippen LogP contribution in [0.25, 0.3) is 54.2 Å². The van der Waals surface area contributed by atoms with Crippen LogP contribution in [-0.2, 0) is 6.42 Å². The molecule has 38 heavy (non-hydrogen) atoms. The summed E-state index contributed by atoms with van der Waals surface area (Å²) in [6.45, 7) is 0. The third-order valence-corrected chi connectivity index (χ3v) is 8.43. The minimum atomic E-state index is 1.10. The topological polar surface area (TPSA) is 0 Å². The molecule has 0 N–H and O–H groups in total. The molecule has 0 amide bonds. The molecule has 0 saturated heterocycles. The fourth-order valence-electron chi connectivity index (χ4n) is 5.69. The quantitative estimate of drug-likeness (QED) is 0.220. The number of rotatable bonds is 2. The summed E-state index contributed by atoms with van der Waals surface area (Å²) in [5, 5.41) is 7.40. The molecule has 0 aliphatic heterocycles. The second-order valence-corrected chi connectivity index (χ2v) is 10.6. The van der Waals surface area contributed by atoms with E-state index in [0.29, 0.717) is 0 Å². The Labute approximate surface area is 227 Å². The molecular weight excluding hydrogens is 476 g/mol. The molecule has 0 bridgehead atoms. The molecule has 0 unspecified atom stereocenters. The van der Waals surface area contributed by atoms with E-state index in [2.05, 4.69) is 145 Å². The van der Waals surface area contributed by atoms with E-state index in [1.807, 2.05) is 11.3 Å². The highest BCUT2D eigenvalue weighted by atomic mass is 32.1. The molecule has 7 aromatic rings. The van der Waals surface area contributed by atoms with Crippen molar-refractivity contribution in [3.8, 4) is 32.7 Å². The molecule has 6 aromatic carbocycles. The molecule has 1 aliphatic rings. The number of fused-ring (bicyclic) bond motifs is 5. The lowest BCUT2D eigenvalue weighted by Crippen LogP contribution is -1.84. The Morgan fingerprint density at radius 3 is 1.50 bits per heavy atom. The molecule has 0 radical (unpaired) electrons. The molecular formula is C37H26S. The lowest BCUT2D eigenvalue weighted by Gasteiger charge is -2.10. The van der Waals surface area contributed by atoms with Gasteiger partial charge < -0.3 is 0 Å². The Bertz CT molecular complexity index is 1760. The predicted molar refractivity (Wildman–Crippen MR) is 165 cm³/mol. The van der Waals surface area contributed by atoms with E-state index in [4.69, 9.17) is 0 Å². The van der Waals surface area contributed by atoms with Gasteiger partial charge in [0, 0.05) is 16.0 Å². The summed E-state index contributed by atoms with van der Waals surface area (Å²) >= 11 is 1.82. The third kappa shape index (κ3) is 4.02. The molecule has 0 fully saturated rings. The van der Waals surface area contributed by atoms with E-state index in [1.54, 1.807) is 0 Å². The van der Waals surface area contributed by atoms with Gasteiger partial charge in [-0.25, -0.2) is 0 Å². The van der Waals surface area contributed by atoms with Gasteiger partial charge in [0.15, 0.2) is 0 Å². The molecule has 1 aliphatic carbocycles. The van der Waals surface area contributed by atoms with Crippen molar-refractivity contribution in [2.45, 2.75) is 6.42 Å². The highest BCUT2D eigenvalue weighted by Gasteiger charge is 2.16. The van der Waals surface area contributed by atoms with Crippen LogP contribution in [0.2, 0.25) is 0 Å². The average molecular weight is 503 g/mol. The Kier molecular flexibility index (Phi) is 5.84. The lowest BCUT2D eigenvalue weighted by atomic mass is 9.95. The van der Waals surface area contributed by atoms with Crippen molar-refractivity contribution in [1.29, 1.82) is 0 Å². The van der Waals surface area contributed by atoms with Crippen molar-refractivity contribution in [1.82, 2.24) is 0 Å². The van der Waals surface area contributed by atoms with Crippen LogP contribution < -0.4 is 0 Å². The molecule has 0 spiro atoms. The summed E-state index contributed by atoms with van der Waals surface area (Å²) < 4.78 is 0. The van der Waals surface area contributed by atoms with Gasteiger partial charge in [0.2, 0.25) is 0 Å². The van der Waals surface area contributed by atoms with Gasteiger partial charge >= 0.3 is 0 Å². The number of hydrogen-bond donors (Lipinski definition) is 0. The highest BCUT2D eigenvalue weighted by molar-refractivity contribution is 7.14. The molecule has 0 atom stereocenters. The zero-order valence-corrected chi connectivity index (χ0v) is 21.8. The van der Waals surface area contributed by atoms with E-state index < -0.39 is 0 Å². The standard InChI is InChI=1S/C24H16S.C13H10/c1-3-11-19-17(7-1)9-5-13-21(19)23-15-16-25-24(23)22-14-6-10-18-8-2-4-12-20(18)22;1-3-7-12-10(5-1)9-11-6-2-4-8-13(11)12/h1-16H;1-8H,9H2. The zero-order chi connectivity index (χ0) is 25.3. The maximum Gasteiger partial charge on any atom is 0.0427 e. The predicted octanol–water partition coefficient (Wildman–Crippen LogP) is 10.6. The Morgan fingerprint density at radius 2 is 0.842 bits per heavy atom. The van der Waals surface area contributed by atoms with Crippen LogP contribution >= 0.6 is 11.3 Å². The lowest BCUT2D eigenvalue weighted by molar-refractivity contribution is 1.26. The van der Waals surface area contributed by atoms with Crippen molar-refractivity contribution in [3.63, 3.8) is 0 Å². The molecule has 0 saturated carbocycles. The fraction of sp³-hybridized carbons (Fsp3) is 0.0270. The van der Waals surface area contributed by atoms with Crippen LogP contribution in [-0.4, -0.2) is 0 Å². The smallest absolute Gasteiger partial charge is 0.0427 e. The summed E-state index contributed by atoms with van der Waals surface area (Å²) in [7, 11) is 0. The Morgan fingerprint density at radius 1 is 0.368 bits per heavy atom. The second-order valence-electron chi connectivity index (χ2n) is 9.71. The monoisotopic (exact) mass is 502 g/mol. The van der Waals surface area contributed by atoms with Crippen LogP contribution in [0.4, 0.5) is 0 Å². The van der Waals surface area contributed by atoms with E-state index in [-0.39, 0.29) is 0 Å². The summed E-state index contributed by atoms with van der Waals surface area (Å²) in [6.07, 6.45) is 1.10. The molecule has 8 rings (SSSR count). The Balaban J connectivity index is 0.000000156. The summed E-state index contributed by atoms with van der Waals surface area (Å²) in [6, 6.07) is 50.0. The summed E-state index contributed by atoms with van der Waals surface area (Å²) in [5.74, 6) is 0. The highest BCUT2D eigenvalue weighted by Crippen LogP contribution is 2.42. The van der Waals surface area contributed by atoms with Crippen LogP contribution in [0, 0.1) is 0 Å². The van der Waals surface area contributed by atoms with Crippen molar-refractivity contribution in [2.75, 3.05) is 0 Å². The SMILES string of the molecule is c1ccc2c(-c3ccsc3-c3cccc4ccccc34)cccc2c1.c1ccc2c(c1)Cc1ccccc1-2. The normalized spacial score (nSPS) is 11.6. The number of thiophene rings is 1. The van der Waals surface area contributed by atoms with Gasteiger partial charge in [-0.2, -0.15) is 0 Å². The maximum absolute atomic E-state index is 2.25. The minimum absolute atomic E-state index is 1.10. The zero-order valence-electron chi connectivity index (χ0n) is 21.0. The minimum Gasteiger partial charge on any atom is -0.143 e. The van der Waals surface area contributed by atoms with E-state index in [9.17, 15) is 0 Å². The van der Waals surface area contributed by atoms with Gasteiger partial charge in [-0.3, -0.25) is 0 Å². The van der Waals surface area contributed by atoms with Crippen molar-refractivity contribution < 1.29 is 0 Å². The van der Waals surface area contributed by atoms with Crippen LogP contribution in [0.15, 0.2) is 145 Å². The van der Waals surface area contributed by atoms with Gasteiger partial charge in [0.25, 0.3) is 0 Å². The first-order chi connectivity index (χ1) is 18.9. The first kappa shape index (κ1) is 22.7. The number of benzene rings is 6. The van der Waals surface area contributed by atoms with E-state index >= 15 is 0 Å². The molecule has 180 valence electrons. The summed E-state index contributed by atoms with van der Waals surface area (Å²) in [5.41, 5.74) is 9.69. The average Bonchev–Trinajstić information content (AvgIpc) is 3.62. The fourth-order valence-corrected chi connectivity index (χ4v) is 6.64. The van der Waals surface area contributed by atoms with Gasteiger partial charge in [0.1, 0.15) is 0 Å².